The van der Waals surface area contributed by atoms with Gasteiger partial charge in [0.1, 0.15) is 6.04 Å². The van der Waals surface area contributed by atoms with Gasteiger partial charge in [0.15, 0.2) is 0 Å². The molecule has 0 aliphatic rings. The van der Waals surface area contributed by atoms with Crippen molar-refractivity contribution in [3.05, 3.63) is 57.0 Å². The maximum atomic E-state index is 12.6. The molecule has 9 heteroatoms. The first-order chi connectivity index (χ1) is 12.0. The summed E-state index contributed by atoms with van der Waals surface area (Å²) in [6, 6.07) is 8.40. The summed E-state index contributed by atoms with van der Waals surface area (Å²) in [6.45, 7) is 3.29. The molecular formula is C17H17Cl3N2O3S. The summed E-state index contributed by atoms with van der Waals surface area (Å²) >= 11 is 17.9. The van der Waals surface area contributed by atoms with Crippen molar-refractivity contribution in [2.45, 2.75) is 19.9 Å². The number of aryl methyl sites for hydroxylation is 1. The minimum absolute atomic E-state index is 0.280. The lowest BCUT2D eigenvalue weighted by Crippen LogP contribution is -2.45. The van der Waals surface area contributed by atoms with Gasteiger partial charge in [-0.1, -0.05) is 40.9 Å². The van der Waals surface area contributed by atoms with Crippen LogP contribution in [-0.2, 0) is 14.8 Å². The SMILES string of the molecule is Cc1ccc(N([C@@H](C)C(=O)Nc2ccc(Cl)c(Cl)c2)S(C)(=O)=O)cc1Cl. The first-order valence-corrected chi connectivity index (χ1v) is 10.5. The number of hydrogen-bond donors (Lipinski definition) is 1. The molecule has 0 aliphatic heterocycles. The van der Waals surface area contributed by atoms with Gasteiger partial charge in [-0.2, -0.15) is 0 Å². The first-order valence-electron chi connectivity index (χ1n) is 7.52. The molecule has 2 aromatic carbocycles. The fourth-order valence-electron chi connectivity index (χ4n) is 2.35. The highest BCUT2D eigenvalue weighted by Gasteiger charge is 2.29. The monoisotopic (exact) mass is 434 g/mol. The second kappa shape index (κ2) is 8.05. The molecule has 26 heavy (non-hydrogen) atoms. The van der Waals surface area contributed by atoms with Gasteiger partial charge in [0.25, 0.3) is 0 Å². The number of sulfonamides is 1. The molecule has 0 spiro atoms. The fraction of sp³-hybridized carbons (Fsp3) is 0.235. The van der Waals surface area contributed by atoms with Gasteiger partial charge >= 0.3 is 0 Å². The Morgan fingerprint density at radius 1 is 1.04 bits per heavy atom. The predicted molar refractivity (Wildman–Crippen MR) is 108 cm³/mol. The van der Waals surface area contributed by atoms with Gasteiger partial charge in [-0.25, -0.2) is 8.42 Å². The summed E-state index contributed by atoms with van der Waals surface area (Å²) in [5.41, 5.74) is 1.52. The van der Waals surface area contributed by atoms with Gasteiger partial charge in [-0.3, -0.25) is 9.10 Å². The van der Waals surface area contributed by atoms with E-state index < -0.39 is 22.0 Å². The minimum atomic E-state index is -3.73. The molecule has 0 radical (unpaired) electrons. The number of halogens is 3. The largest absolute Gasteiger partial charge is 0.324 e. The molecule has 2 aromatic rings. The summed E-state index contributed by atoms with van der Waals surface area (Å²) < 4.78 is 25.6. The van der Waals surface area contributed by atoms with Crippen LogP contribution in [-0.4, -0.2) is 26.6 Å². The van der Waals surface area contributed by atoms with Crippen molar-refractivity contribution in [3.8, 4) is 0 Å². The van der Waals surface area contributed by atoms with Gasteiger partial charge in [0.2, 0.25) is 15.9 Å². The Balaban J connectivity index is 2.34. The third-order valence-corrected chi connectivity index (χ3v) is 6.07. The van der Waals surface area contributed by atoms with Crippen LogP contribution in [0.4, 0.5) is 11.4 Å². The molecule has 1 amide bonds. The Hall–Kier alpha value is -1.47. The molecule has 5 nitrogen and oxygen atoms in total. The topological polar surface area (TPSA) is 66.5 Å². The quantitative estimate of drug-likeness (QED) is 0.737. The molecule has 140 valence electrons. The third kappa shape index (κ3) is 4.82. The fourth-order valence-corrected chi connectivity index (χ4v) is 3.99. The van der Waals surface area contributed by atoms with Crippen LogP contribution >= 0.6 is 34.8 Å². The number of amides is 1. The van der Waals surface area contributed by atoms with Gasteiger partial charge in [-0.15, -0.1) is 0 Å². The molecule has 2 rings (SSSR count). The minimum Gasteiger partial charge on any atom is -0.324 e. The van der Waals surface area contributed by atoms with Crippen LogP contribution in [0, 0.1) is 6.92 Å². The summed E-state index contributed by atoms with van der Waals surface area (Å²) in [5, 5.41) is 3.68. The average molecular weight is 436 g/mol. The predicted octanol–water partition coefficient (Wildman–Crippen LogP) is 4.75. The number of nitrogens with one attached hydrogen (secondary N) is 1. The molecule has 0 saturated carbocycles. The van der Waals surface area contributed by atoms with Crippen molar-refractivity contribution in [3.63, 3.8) is 0 Å². The molecule has 0 bridgehead atoms. The summed E-state index contributed by atoms with van der Waals surface area (Å²) in [6.07, 6.45) is 1.03. The van der Waals surface area contributed by atoms with Crippen LogP contribution in [0.15, 0.2) is 36.4 Å². The standard InChI is InChI=1S/C17H17Cl3N2O3S/c1-10-4-6-13(9-15(10)19)22(26(3,24)25)11(2)17(23)21-12-5-7-14(18)16(20)8-12/h4-9,11H,1-3H3,(H,21,23)/t11-/m0/s1. The molecule has 0 heterocycles. The summed E-state index contributed by atoms with van der Waals surface area (Å²) in [4.78, 5) is 12.6. The molecule has 0 aromatic heterocycles. The van der Waals surface area contributed by atoms with Crippen molar-refractivity contribution in [2.75, 3.05) is 15.9 Å². The van der Waals surface area contributed by atoms with Gasteiger partial charge in [0.05, 0.1) is 22.0 Å². The third-order valence-electron chi connectivity index (χ3n) is 3.69. The van der Waals surface area contributed by atoms with Crippen LogP contribution in [0.1, 0.15) is 12.5 Å². The lowest BCUT2D eigenvalue weighted by Gasteiger charge is -2.28. The molecule has 1 atom stereocenters. The second-order valence-corrected chi connectivity index (χ2v) is 8.87. The first kappa shape index (κ1) is 20.8. The van der Waals surface area contributed by atoms with E-state index in [0.29, 0.717) is 21.4 Å². The van der Waals surface area contributed by atoms with E-state index in [1.54, 1.807) is 25.1 Å². The highest BCUT2D eigenvalue weighted by molar-refractivity contribution is 7.92. The Labute approximate surface area is 167 Å². The number of benzene rings is 2. The Bertz CT molecular complexity index is 948. The van der Waals surface area contributed by atoms with Crippen LogP contribution in [0.25, 0.3) is 0 Å². The maximum Gasteiger partial charge on any atom is 0.247 e. The molecule has 0 aliphatic carbocycles. The molecular weight excluding hydrogens is 419 g/mol. The van der Waals surface area contributed by atoms with Gasteiger partial charge in [0, 0.05) is 10.7 Å². The van der Waals surface area contributed by atoms with Gasteiger partial charge < -0.3 is 5.32 Å². The normalized spacial score (nSPS) is 12.5. The lowest BCUT2D eigenvalue weighted by molar-refractivity contribution is -0.116. The Morgan fingerprint density at radius 3 is 2.23 bits per heavy atom. The van der Waals surface area contributed by atoms with E-state index in [1.165, 1.54) is 25.1 Å². The average Bonchev–Trinajstić information content (AvgIpc) is 2.53. The van der Waals surface area contributed by atoms with Crippen LogP contribution in [0.5, 0.6) is 0 Å². The summed E-state index contributed by atoms with van der Waals surface area (Å²) in [7, 11) is -3.73. The zero-order chi connectivity index (χ0) is 19.6. The number of anilines is 2. The molecule has 1 N–H and O–H groups in total. The summed E-state index contributed by atoms with van der Waals surface area (Å²) in [5.74, 6) is -0.523. The Kier molecular flexibility index (Phi) is 6.45. The van der Waals surface area contributed by atoms with E-state index >= 15 is 0 Å². The van der Waals surface area contributed by atoms with Crippen molar-refractivity contribution in [2.24, 2.45) is 0 Å². The zero-order valence-electron chi connectivity index (χ0n) is 14.3. The van der Waals surface area contributed by atoms with Crippen molar-refractivity contribution >= 4 is 62.1 Å². The van der Waals surface area contributed by atoms with Gasteiger partial charge in [-0.05, 0) is 49.7 Å². The number of carbonyl (C=O) groups is 1. The van der Waals surface area contributed by atoms with Crippen molar-refractivity contribution < 1.29 is 13.2 Å². The van der Waals surface area contributed by atoms with E-state index in [1.807, 2.05) is 0 Å². The van der Waals surface area contributed by atoms with Crippen LogP contribution < -0.4 is 9.62 Å². The number of hydrogen-bond acceptors (Lipinski definition) is 3. The van der Waals surface area contributed by atoms with Crippen molar-refractivity contribution in [1.82, 2.24) is 0 Å². The van der Waals surface area contributed by atoms with Crippen LogP contribution in [0.3, 0.4) is 0 Å². The smallest absolute Gasteiger partial charge is 0.247 e. The lowest BCUT2D eigenvalue weighted by atomic mass is 10.2. The van der Waals surface area contributed by atoms with E-state index in [9.17, 15) is 13.2 Å². The van der Waals surface area contributed by atoms with E-state index in [2.05, 4.69) is 5.32 Å². The number of nitrogens with zero attached hydrogens (tertiary/aromatic N) is 1. The molecule has 0 unspecified atom stereocenters. The molecule has 0 fully saturated rings. The number of carbonyl (C=O) groups excluding carboxylic acids is 1. The van der Waals surface area contributed by atoms with Crippen LogP contribution in [0.2, 0.25) is 15.1 Å². The molecule has 0 saturated heterocycles. The van der Waals surface area contributed by atoms with E-state index in [4.69, 9.17) is 34.8 Å². The highest BCUT2D eigenvalue weighted by Crippen LogP contribution is 2.28. The van der Waals surface area contributed by atoms with E-state index in [0.717, 1.165) is 16.1 Å². The maximum absolute atomic E-state index is 12.6. The van der Waals surface area contributed by atoms with E-state index in [-0.39, 0.29) is 5.02 Å². The number of rotatable bonds is 5. The second-order valence-electron chi connectivity index (χ2n) is 5.79. The highest BCUT2D eigenvalue weighted by atomic mass is 35.5. The zero-order valence-corrected chi connectivity index (χ0v) is 17.3. The van der Waals surface area contributed by atoms with Crippen molar-refractivity contribution in [1.29, 1.82) is 0 Å². The Morgan fingerprint density at radius 2 is 1.69 bits per heavy atom.